The van der Waals surface area contributed by atoms with Crippen molar-refractivity contribution in [3.63, 3.8) is 0 Å². The number of imide groups is 1. The number of nitrogens with one attached hydrogen (secondary N) is 1. The topological polar surface area (TPSA) is 127 Å². The van der Waals surface area contributed by atoms with Gasteiger partial charge < -0.3 is 19.9 Å². The van der Waals surface area contributed by atoms with Crippen LogP contribution in [0.1, 0.15) is 47.1 Å². The number of fused-ring (bicyclic) bond motifs is 1. The number of anilines is 3. The van der Waals surface area contributed by atoms with E-state index in [1.54, 1.807) is 65.8 Å². The van der Waals surface area contributed by atoms with E-state index in [0.717, 1.165) is 16.0 Å². The Labute approximate surface area is 233 Å². The zero-order valence-corrected chi connectivity index (χ0v) is 23.6. The average molecular weight is 544 g/mol. The fourth-order valence-corrected chi connectivity index (χ4v) is 3.81. The third-order valence-corrected chi connectivity index (χ3v) is 5.52. The Bertz CT molecular complexity index is 1530. The maximum Gasteiger partial charge on any atom is 0.425 e. The normalized spacial score (nSPS) is 11.7. The molecule has 10 heteroatoms. The predicted octanol–water partition coefficient (Wildman–Crippen LogP) is 7.13. The Kier molecular flexibility index (Phi) is 7.63. The Hall–Kier alpha value is -4.73. The number of aromatic nitrogens is 3. The van der Waals surface area contributed by atoms with Gasteiger partial charge in [0.2, 0.25) is 0 Å². The minimum absolute atomic E-state index is 0.0686. The highest BCUT2D eigenvalue weighted by Crippen LogP contribution is 2.35. The second kappa shape index (κ2) is 10.8. The number of aryl methyl sites for hydroxylation is 1. The summed E-state index contributed by atoms with van der Waals surface area (Å²) in [6, 6.07) is 14.6. The number of carbonyl (C=O) groups excluding carboxylic acids is 2. The molecule has 0 saturated heterocycles. The first kappa shape index (κ1) is 28.3. The molecule has 0 unspecified atom stereocenters. The van der Waals surface area contributed by atoms with Gasteiger partial charge in [-0.2, -0.15) is 4.90 Å². The van der Waals surface area contributed by atoms with Gasteiger partial charge in [0.05, 0.1) is 0 Å². The molecule has 2 aromatic carbocycles. The van der Waals surface area contributed by atoms with E-state index in [1.165, 1.54) is 12.5 Å². The lowest BCUT2D eigenvalue weighted by atomic mass is 10.1. The molecule has 4 aromatic rings. The van der Waals surface area contributed by atoms with Crippen molar-refractivity contribution in [3.8, 4) is 17.0 Å². The summed E-state index contributed by atoms with van der Waals surface area (Å²) in [5, 5.41) is 15.2. The van der Waals surface area contributed by atoms with Crippen LogP contribution in [0.5, 0.6) is 5.75 Å². The van der Waals surface area contributed by atoms with Crippen molar-refractivity contribution in [3.05, 3.63) is 66.6 Å². The fraction of sp³-hybridized carbons (Fsp3) is 0.300. The highest BCUT2D eigenvalue weighted by molar-refractivity contribution is 6.14. The van der Waals surface area contributed by atoms with Crippen LogP contribution >= 0.6 is 0 Å². The molecule has 4 rings (SSSR count). The Morgan fingerprint density at radius 1 is 0.850 bits per heavy atom. The van der Waals surface area contributed by atoms with Gasteiger partial charge in [-0.05, 0) is 78.1 Å². The molecule has 0 spiro atoms. The van der Waals surface area contributed by atoms with Gasteiger partial charge in [0.15, 0.2) is 17.4 Å². The molecule has 208 valence electrons. The number of rotatable bonds is 4. The van der Waals surface area contributed by atoms with E-state index in [2.05, 4.69) is 20.3 Å². The third kappa shape index (κ3) is 6.63. The molecule has 2 amide bonds. The van der Waals surface area contributed by atoms with Crippen LogP contribution in [0.25, 0.3) is 22.0 Å². The lowest BCUT2D eigenvalue weighted by Crippen LogP contribution is -2.44. The summed E-state index contributed by atoms with van der Waals surface area (Å²) in [7, 11) is 0. The molecule has 0 radical (unpaired) electrons. The van der Waals surface area contributed by atoms with Crippen LogP contribution in [-0.4, -0.2) is 43.4 Å². The van der Waals surface area contributed by atoms with Gasteiger partial charge in [0.1, 0.15) is 23.2 Å². The molecule has 2 N–H and O–H groups in total. The SMILES string of the molecule is Cc1ccc(-c2ncnc(Nc3ccc4c(N(C(=O)OC(C)(C)C)C(=O)OC(C)(C)C)nccc4c3)c2O)cc1. The first-order valence-corrected chi connectivity index (χ1v) is 12.7. The van der Waals surface area contributed by atoms with Gasteiger partial charge in [-0.1, -0.05) is 29.8 Å². The van der Waals surface area contributed by atoms with Crippen molar-refractivity contribution in [1.82, 2.24) is 15.0 Å². The van der Waals surface area contributed by atoms with Crippen molar-refractivity contribution >= 4 is 40.3 Å². The van der Waals surface area contributed by atoms with E-state index in [-0.39, 0.29) is 17.4 Å². The Morgan fingerprint density at radius 2 is 1.48 bits per heavy atom. The van der Waals surface area contributed by atoms with E-state index in [9.17, 15) is 14.7 Å². The average Bonchev–Trinajstić information content (AvgIpc) is 2.84. The van der Waals surface area contributed by atoms with Crippen molar-refractivity contribution < 1.29 is 24.2 Å². The van der Waals surface area contributed by atoms with E-state index in [4.69, 9.17) is 9.47 Å². The monoisotopic (exact) mass is 543 g/mol. The molecule has 0 aliphatic rings. The number of aromatic hydroxyl groups is 1. The standard InChI is InChI=1S/C30H33N5O5/c1-18-8-10-19(11-9-18)23-24(36)25(33-17-32-23)34-21-12-13-22-20(16-21)14-15-31-26(22)35(27(37)39-29(2,3)4)28(38)40-30(5,6)7/h8-17,36H,1-7H3,(H,32,33,34). The summed E-state index contributed by atoms with van der Waals surface area (Å²) in [5.74, 6) is 0.199. The quantitative estimate of drug-likeness (QED) is 0.276. The number of nitrogens with zero attached hydrogens (tertiary/aromatic N) is 4. The van der Waals surface area contributed by atoms with Gasteiger partial charge in [-0.15, -0.1) is 0 Å². The van der Waals surface area contributed by atoms with Crippen molar-refractivity contribution in [1.29, 1.82) is 0 Å². The number of benzene rings is 2. The summed E-state index contributed by atoms with van der Waals surface area (Å²) < 4.78 is 11.0. The van der Waals surface area contributed by atoms with Gasteiger partial charge >= 0.3 is 12.2 Å². The molecule has 2 heterocycles. The van der Waals surface area contributed by atoms with Crippen LogP contribution in [0.4, 0.5) is 26.9 Å². The molecule has 0 bridgehead atoms. The van der Waals surface area contributed by atoms with Crippen molar-refractivity contribution in [2.45, 2.75) is 59.7 Å². The maximum absolute atomic E-state index is 13.2. The predicted molar refractivity (Wildman–Crippen MR) is 154 cm³/mol. The number of hydrogen-bond acceptors (Lipinski definition) is 9. The van der Waals surface area contributed by atoms with Crippen molar-refractivity contribution in [2.24, 2.45) is 0 Å². The molecule has 0 fully saturated rings. The summed E-state index contributed by atoms with van der Waals surface area (Å²) in [5.41, 5.74) is 1.15. The van der Waals surface area contributed by atoms with Gasteiger partial charge in [-0.25, -0.2) is 24.5 Å². The highest BCUT2D eigenvalue weighted by Gasteiger charge is 2.34. The first-order chi connectivity index (χ1) is 18.7. The minimum atomic E-state index is -0.904. The first-order valence-electron chi connectivity index (χ1n) is 12.7. The minimum Gasteiger partial charge on any atom is -0.503 e. The van der Waals surface area contributed by atoms with Crippen LogP contribution in [-0.2, 0) is 9.47 Å². The molecular weight excluding hydrogens is 510 g/mol. The molecule has 0 aliphatic carbocycles. The van der Waals surface area contributed by atoms with E-state index in [0.29, 0.717) is 22.2 Å². The molecule has 0 aliphatic heterocycles. The van der Waals surface area contributed by atoms with E-state index < -0.39 is 23.4 Å². The van der Waals surface area contributed by atoms with Crippen LogP contribution in [0.2, 0.25) is 0 Å². The number of hydrogen-bond donors (Lipinski definition) is 2. The van der Waals surface area contributed by atoms with E-state index >= 15 is 0 Å². The van der Waals surface area contributed by atoms with Gasteiger partial charge in [-0.3, -0.25) is 0 Å². The Morgan fingerprint density at radius 3 is 2.08 bits per heavy atom. The zero-order chi connectivity index (χ0) is 29.2. The van der Waals surface area contributed by atoms with Crippen LogP contribution in [0, 0.1) is 6.92 Å². The second-order valence-corrected chi connectivity index (χ2v) is 11.3. The molecule has 2 aromatic heterocycles. The highest BCUT2D eigenvalue weighted by atomic mass is 16.6. The zero-order valence-electron chi connectivity index (χ0n) is 23.6. The second-order valence-electron chi connectivity index (χ2n) is 11.3. The van der Waals surface area contributed by atoms with Crippen LogP contribution in [0.3, 0.4) is 0 Å². The molecule has 0 atom stereocenters. The molecule has 40 heavy (non-hydrogen) atoms. The maximum atomic E-state index is 13.2. The summed E-state index contributed by atoms with van der Waals surface area (Å²) in [4.78, 5) is 39.9. The summed E-state index contributed by atoms with van der Waals surface area (Å²) >= 11 is 0. The largest absolute Gasteiger partial charge is 0.503 e. The fourth-order valence-electron chi connectivity index (χ4n) is 3.81. The van der Waals surface area contributed by atoms with Gasteiger partial charge in [0.25, 0.3) is 0 Å². The van der Waals surface area contributed by atoms with Crippen molar-refractivity contribution in [2.75, 3.05) is 10.2 Å². The molecular formula is C30H33N5O5. The lowest BCUT2D eigenvalue weighted by Gasteiger charge is -2.28. The molecule has 0 saturated carbocycles. The molecule has 10 nitrogen and oxygen atoms in total. The van der Waals surface area contributed by atoms with Crippen LogP contribution in [0.15, 0.2) is 61.1 Å². The number of amides is 2. The third-order valence-electron chi connectivity index (χ3n) is 5.52. The number of carbonyl (C=O) groups is 2. The number of pyridine rings is 1. The summed E-state index contributed by atoms with van der Waals surface area (Å²) in [6.45, 7) is 12.2. The Balaban J connectivity index is 1.70. The van der Waals surface area contributed by atoms with Crippen LogP contribution < -0.4 is 10.2 Å². The lowest BCUT2D eigenvalue weighted by molar-refractivity contribution is 0.0429. The smallest absolute Gasteiger partial charge is 0.425 e. The van der Waals surface area contributed by atoms with Gasteiger partial charge in [0, 0.05) is 22.8 Å². The number of ether oxygens (including phenoxy) is 2. The summed E-state index contributed by atoms with van der Waals surface area (Å²) in [6.07, 6.45) is 1.05. The van der Waals surface area contributed by atoms with E-state index in [1.807, 2.05) is 31.2 Å².